The van der Waals surface area contributed by atoms with Crippen molar-refractivity contribution in [2.45, 2.75) is 38.8 Å². The lowest BCUT2D eigenvalue weighted by molar-refractivity contribution is -0.127. The average molecular weight is 421 g/mol. The Kier molecular flexibility index (Phi) is 5.58. The third-order valence-corrected chi connectivity index (χ3v) is 5.91. The predicted octanol–water partition coefficient (Wildman–Crippen LogP) is 2.97. The molecule has 156 valence electrons. The van der Waals surface area contributed by atoms with E-state index in [1.54, 1.807) is 24.3 Å². The van der Waals surface area contributed by atoms with Gasteiger partial charge in [0.15, 0.2) is 6.10 Å². The molecule has 2 aromatic carbocycles. The maximum absolute atomic E-state index is 13.0. The lowest BCUT2D eigenvalue weighted by Gasteiger charge is -2.35. The van der Waals surface area contributed by atoms with E-state index in [4.69, 9.17) is 4.74 Å². The predicted molar refractivity (Wildman–Crippen MR) is 110 cm³/mol. The number of fused-ring (bicyclic) bond motifs is 1. The number of rotatable bonds is 4. The molecule has 0 radical (unpaired) electrons. The molecule has 0 aromatic heterocycles. The first-order chi connectivity index (χ1) is 13.4. The van der Waals surface area contributed by atoms with E-state index in [1.807, 2.05) is 26.8 Å². The van der Waals surface area contributed by atoms with Crippen LogP contribution in [0.4, 0.5) is 10.1 Å². The smallest absolute Gasteiger partial charge is 0.263 e. The van der Waals surface area contributed by atoms with Gasteiger partial charge in [0.25, 0.3) is 5.91 Å². The number of benzene rings is 2. The normalized spacial score (nSPS) is 16.7. The van der Waals surface area contributed by atoms with E-state index in [0.717, 1.165) is 17.4 Å². The van der Waals surface area contributed by atoms with Crippen molar-refractivity contribution >= 4 is 21.6 Å². The van der Waals surface area contributed by atoms with Gasteiger partial charge in [-0.25, -0.2) is 12.8 Å². The highest BCUT2D eigenvalue weighted by atomic mass is 32.2. The molecule has 0 bridgehead atoms. The van der Waals surface area contributed by atoms with Crippen molar-refractivity contribution in [2.24, 2.45) is 0 Å². The molecule has 0 saturated heterocycles. The van der Waals surface area contributed by atoms with E-state index >= 15 is 0 Å². The van der Waals surface area contributed by atoms with E-state index in [0.29, 0.717) is 11.4 Å². The summed E-state index contributed by atoms with van der Waals surface area (Å²) in [4.78, 5) is 12.6. The summed E-state index contributed by atoms with van der Waals surface area (Å²) in [7, 11) is -3.61. The first kappa shape index (κ1) is 21.1. The van der Waals surface area contributed by atoms with Gasteiger partial charge < -0.3 is 10.1 Å². The van der Waals surface area contributed by atoms with Crippen molar-refractivity contribution < 1.29 is 22.3 Å². The van der Waals surface area contributed by atoms with Gasteiger partial charge in [0, 0.05) is 6.54 Å². The summed E-state index contributed by atoms with van der Waals surface area (Å²) in [6.45, 7) is 6.18. The molecule has 0 fully saturated rings. The van der Waals surface area contributed by atoms with Crippen molar-refractivity contribution in [2.75, 3.05) is 17.1 Å². The fraction of sp³-hybridized carbons (Fsp3) is 0.381. The van der Waals surface area contributed by atoms with Gasteiger partial charge in [-0.2, -0.15) is 0 Å². The maximum atomic E-state index is 13.0. The third kappa shape index (κ3) is 4.87. The highest BCUT2D eigenvalue weighted by molar-refractivity contribution is 7.92. The number of sulfonamides is 1. The second kappa shape index (κ2) is 7.67. The maximum Gasteiger partial charge on any atom is 0.263 e. The van der Waals surface area contributed by atoms with Gasteiger partial charge in [-0.15, -0.1) is 0 Å². The van der Waals surface area contributed by atoms with Crippen LogP contribution in [0.5, 0.6) is 5.75 Å². The van der Waals surface area contributed by atoms with Crippen LogP contribution in [-0.2, 0) is 26.8 Å². The number of ether oxygens (including phenoxy) is 1. The Bertz CT molecular complexity index is 1010. The molecule has 6 nitrogen and oxygen atoms in total. The zero-order chi connectivity index (χ0) is 21.4. The van der Waals surface area contributed by atoms with Gasteiger partial charge >= 0.3 is 0 Å². The molecule has 2 aromatic rings. The molecule has 8 heteroatoms. The minimum Gasteiger partial charge on any atom is -0.476 e. The van der Waals surface area contributed by atoms with Crippen LogP contribution in [0.1, 0.15) is 31.9 Å². The SMILES string of the molecule is CC(C)(C)c1ccc2c(c1)N(S(C)(=O)=O)C[C@H](C(=O)NCc1ccc(F)cc1)O2. The molecule has 1 atom stereocenters. The first-order valence-corrected chi connectivity index (χ1v) is 11.1. The van der Waals surface area contributed by atoms with Crippen LogP contribution < -0.4 is 14.4 Å². The molecule has 1 aliphatic heterocycles. The Morgan fingerprint density at radius 3 is 2.45 bits per heavy atom. The minimum absolute atomic E-state index is 0.116. The van der Waals surface area contributed by atoms with Gasteiger partial charge in [0.2, 0.25) is 10.0 Å². The molecule has 1 amide bonds. The highest BCUT2D eigenvalue weighted by Crippen LogP contribution is 2.38. The lowest BCUT2D eigenvalue weighted by Crippen LogP contribution is -2.50. The number of halogens is 1. The molecule has 1 heterocycles. The number of anilines is 1. The molecule has 1 N–H and O–H groups in total. The number of carbonyl (C=O) groups excluding carboxylic acids is 1. The van der Waals surface area contributed by atoms with Crippen LogP contribution in [-0.4, -0.2) is 33.2 Å². The second-order valence-electron chi connectivity index (χ2n) is 8.18. The lowest BCUT2D eigenvalue weighted by atomic mass is 9.86. The van der Waals surface area contributed by atoms with Crippen LogP contribution in [0.3, 0.4) is 0 Å². The standard InChI is InChI=1S/C21H25FN2O4S/c1-21(2,3)15-7-10-18-17(11-15)24(29(4,26)27)13-19(28-18)20(25)23-12-14-5-8-16(22)9-6-14/h5-11,19H,12-13H2,1-4H3,(H,23,25)/t19-/m1/s1. The molecular formula is C21H25FN2O4S. The van der Waals surface area contributed by atoms with Crippen LogP contribution in [0.15, 0.2) is 42.5 Å². The molecule has 0 saturated carbocycles. The number of carbonyl (C=O) groups is 1. The summed E-state index contributed by atoms with van der Waals surface area (Å²) < 4.78 is 44.8. The molecular weight excluding hydrogens is 395 g/mol. The summed E-state index contributed by atoms with van der Waals surface area (Å²) in [5, 5.41) is 2.72. The second-order valence-corrected chi connectivity index (χ2v) is 10.1. The van der Waals surface area contributed by atoms with Crippen LogP contribution in [0.25, 0.3) is 0 Å². The fourth-order valence-electron chi connectivity index (χ4n) is 3.07. The number of amides is 1. The molecule has 3 rings (SSSR count). The first-order valence-electron chi connectivity index (χ1n) is 9.26. The van der Waals surface area contributed by atoms with E-state index in [2.05, 4.69) is 5.32 Å². The van der Waals surface area contributed by atoms with Crippen molar-refractivity contribution in [3.05, 3.63) is 59.4 Å². The van der Waals surface area contributed by atoms with Crippen molar-refractivity contribution in [3.8, 4) is 5.75 Å². The van der Waals surface area contributed by atoms with Crippen LogP contribution in [0.2, 0.25) is 0 Å². The van der Waals surface area contributed by atoms with Gasteiger partial charge in [0.1, 0.15) is 11.6 Å². The number of hydrogen-bond donors (Lipinski definition) is 1. The van der Waals surface area contributed by atoms with Gasteiger partial charge in [-0.05, 0) is 40.8 Å². The Morgan fingerprint density at radius 2 is 1.86 bits per heavy atom. The Labute approximate surface area is 170 Å². The molecule has 0 spiro atoms. The molecule has 1 aliphatic rings. The van der Waals surface area contributed by atoms with Gasteiger partial charge in [-0.1, -0.05) is 39.0 Å². The third-order valence-electron chi connectivity index (χ3n) is 4.77. The summed E-state index contributed by atoms with van der Waals surface area (Å²) in [6.07, 6.45) is 0.123. The van der Waals surface area contributed by atoms with Gasteiger partial charge in [-0.3, -0.25) is 9.10 Å². The fourth-order valence-corrected chi connectivity index (χ4v) is 3.98. The van der Waals surface area contributed by atoms with E-state index in [-0.39, 0.29) is 24.3 Å². The number of hydrogen-bond acceptors (Lipinski definition) is 4. The summed E-state index contributed by atoms with van der Waals surface area (Å²) >= 11 is 0. The van der Waals surface area contributed by atoms with Crippen molar-refractivity contribution in [1.82, 2.24) is 5.32 Å². The largest absolute Gasteiger partial charge is 0.476 e. The topological polar surface area (TPSA) is 75.7 Å². The van der Waals surface area contributed by atoms with E-state index < -0.39 is 22.0 Å². The van der Waals surface area contributed by atoms with Crippen LogP contribution in [0, 0.1) is 5.82 Å². The zero-order valence-corrected chi connectivity index (χ0v) is 17.7. The van der Waals surface area contributed by atoms with Crippen molar-refractivity contribution in [1.29, 1.82) is 0 Å². The average Bonchev–Trinajstić information content (AvgIpc) is 2.64. The number of nitrogens with zero attached hydrogens (tertiary/aromatic N) is 1. The van der Waals surface area contributed by atoms with Gasteiger partial charge in [0.05, 0.1) is 18.5 Å². The number of nitrogens with one attached hydrogen (secondary N) is 1. The Morgan fingerprint density at radius 1 is 1.21 bits per heavy atom. The summed E-state index contributed by atoms with van der Waals surface area (Å²) in [5.41, 5.74) is 1.96. The van der Waals surface area contributed by atoms with Crippen molar-refractivity contribution in [3.63, 3.8) is 0 Å². The monoisotopic (exact) mass is 420 g/mol. The Balaban J connectivity index is 1.82. The summed E-state index contributed by atoms with van der Waals surface area (Å²) in [5.74, 6) is -0.448. The zero-order valence-electron chi connectivity index (χ0n) is 16.9. The molecule has 29 heavy (non-hydrogen) atoms. The van der Waals surface area contributed by atoms with E-state index in [9.17, 15) is 17.6 Å². The minimum atomic E-state index is -3.61. The molecule has 0 aliphatic carbocycles. The van der Waals surface area contributed by atoms with Crippen LogP contribution >= 0.6 is 0 Å². The summed E-state index contributed by atoms with van der Waals surface area (Å²) in [6, 6.07) is 11.1. The molecule has 0 unspecified atom stereocenters. The van der Waals surface area contributed by atoms with E-state index in [1.165, 1.54) is 16.4 Å². The Hall–Kier alpha value is -2.61. The quantitative estimate of drug-likeness (QED) is 0.825. The highest BCUT2D eigenvalue weighted by Gasteiger charge is 2.35.